The topological polar surface area (TPSA) is 245 Å². The normalized spacial score (nSPS) is 22.4. The SMILES string of the molecule is Cc1cc(-c2cc(C)c(C3(S(N)(=O)=O)CC(=NN)C(=N)c4ccccc43)c(C)c2)cc(C)c1C1(S(N)(=O)=O)CC(=NN)C(=N)c2ccccc21. The zero-order valence-electron chi connectivity index (χ0n) is 28.0. The molecule has 0 saturated carbocycles. The number of nitrogens with one attached hydrogen (secondary N) is 2. The Labute approximate surface area is 291 Å². The summed E-state index contributed by atoms with van der Waals surface area (Å²) in [5.41, 5.74) is 6.85. The molecule has 6 rings (SSSR count). The second kappa shape index (κ2) is 11.8. The zero-order valence-corrected chi connectivity index (χ0v) is 29.6. The third-order valence-corrected chi connectivity index (χ3v) is 13.2. The summed E-state index contributed by atoms with van der Waals surface area (Å²) in [6.45, 7) is 7.25. The smallest absolute Gasteiger partial charge is 0.223 e. The van der Waals surface area contributed by atoms with E-state index in [1.54, 1.807) is 48.5 Å². The molecule has 2 atom stereocenters. The molecule has 0 amide bonds. The standard InChI is InChI=1S/C36H38N8O4S2/c1-19-13-23(14-20(2)31(19)35(49(41,45)46)17-29(43-39)33(37)25-9-5-7-11-27(25)35)24-15-21(3)32(22(4)16-24)36(50(42,47)48)18-30(44-40)34(38)26-10-6-8-12-28(26)36/h5-16,37-38H,17-18,39-40H2,1-4H3,(H2,41,45,46)(H2,42,47,48). The van der Waals surface area contributed by atoms with Gasteiger partial charge in [-0.05, 0) is 83.3 Å². The highest BCUT2D eigenvalue weighted by atomic mass is 32.2. The van der Waals surface area contributed by atoms with E-state index in [-0.39, 0.29) is 35.7 Å². The number of benzene rings is 4. The maximum atomic E-state index is 13.8. The Kier molecular flexibility index (Phi) is 8.22. The van der Waals surface area contributed by atoms with E-state index >= 15 is 0 Å². The summed E-state index contributed by atoms with van der Waals surface area (Å²) in [4.78, 5) is 0. The highest BCUT2D eigenvalue weighted by Crippen LogP contribution is 2.50. The maximum Gasteiger partial charge on any atom is 0.223 e. The molecule has 50 heavy (non-hydrogen) atoms. The van der Waals surface area contributed by atoms with E-state index in [1.165, 1.54) is 0 Å². The van der Waals surface area contributed by atoms with Crippen molar-refractivity contribution in [3.8, 4) is 11.1 Å². The summed E-state index contributed by atoms with van der Waals surface area (Å²) in [5.74, 6) is 11.4. The fourth-order valence-electron chi connectivity index (χ4n) is 8.25. The fraction of sp³-hybridized carbons (Fsp3) is 0.222. The average molecular weight is 711 g/mol. The van der Waals surface area contributed by atoms with Crippen LogP contribution in [0.25, 0.3) is 11.1 Å². The van der Waals surface area contributed by atoms with Gasteiger partial charge >= 0.3 is 0 Å². The molecule has 0 radical (unpaired) electrons. The molecule has 0 spiro atoms. The molecule has 2 unspecified atom stereocenters. The summed E-state index contributed by atoms with van der Waals surface area (Å²) < 4.78 is 51.5. The first-order chi connectivity index (χ1) is 23.4. The lowest BCUT2D eigenvalue weighted by Crippen LogP contribution is -2.49. The number of aryl methyl sites for hydroxylation is 4. The number of fused-ring (bicyclic) bond motifs is 2. The van der Waals surface area contributed by atoms with Crippen LogP contribution in [0.5, 0.6) is 0 Å². The molecule has 0 saturated heterocycles. The fourth-order valence-corrected chi connectivity index (χ4v) is 11.1. The molecule has 0 heterocycles. The van der Waals surface area contributed by atoms with E-state index in [2.05, 4.69) is 10.2 Å². The van der Waals surface area contributed by atoms with Crippen LogP contribution >= 0.6 is 0 Å². The summed E-state index contributed by atoms with van der Waals surface area (Å²) in [6.07, 6.45) is -0.427. The van der Waals surface area contributed by atoms with Crippen molar-refractivity contribution in [2.45, 2.75) is 50.0 Å². The number of hydrogen-bond donors (Lipinski definition) is 6. The number of nitrogens with zero attached hydrogens (tertiary/aromatic N) is 2. The Hall–Kier alpha value is -5.02. The molecule has 2 aliphatic carbocycles. The van der Waals surface area contributed by atoms with Crippen molar-refractivity contribution < 1.29 is 16.8 Å². The Morgan fingerprint density at radius 2 is 0.880 bits per heavy atom. The molecule has 2 aliphatic rings. The molecule has 0 aliphatic heterocycles. The quantitative estimate of drug-likeness (QED) is 0.133. The first kappa shape index (κ1) is 34.8. The average Bonchev–Trinajstić information content (AvgIpc) is 3.05. The van der Waals surface area contributed by atoms with E-state index < -0.39 is 29.5 Å². The van der Waals surface area contributed by atoms with Crippen LogP contribution in [0.2, 0.25) is 0 Å². The summed E-state index contributed by atoms with van der Waals surface area (Å²) in [6, 6.07) is 21.0. The van der Waals surface area contributed by atoms with Crippen molar-refractivity contribution in [2.75, 3.05) is 0 Å². The van der Waals surface area contributed by atoms with E-state index in [0.29, 0.717) is 55.6 Å². The Morgan fingerprint density at radius 3 is 1.16 bits per heavy atom. The van der Waals surface area contributed by atoms with Crippen LogP contribution in [0, 0.1) is 38.5 Å². The van der Waals surface area contributed by atoms with Crippen LogP contribution in [0.4, 0.5) is 0 Å². The van der Waals surface area contributed by atoms with E-state index in [4.69, 9.17) is 32.8 Å². The van der Waals surface area contributed by atoms with E-state index in [1.807, 2.05) is 52.0 Å². The van der Waals surface area contributed by atoms with E-state index in [0.717, 1.165) is 11.1 Å². The van der Waals surface area contributed by atoms with Crippen molar-refractivity contribution in [1.29, 1.82) is 10.8 Å². The third kappa shape index (κ3) is 4.85. The lowest BCUT2D eigenvalue weighted by molar-refractivity contribution is 0.554. The van der Waals surface area contributed by atoms with Gasteiger partial charge in [0.1, 0.15) is 9.49 Å². The minimum atomic E-state index is -4.37. The van der Waals surface area contributed by atoms with Gasteiger partial charge in [-0.3, -0.25) is 10.8 Å². The monoisotopic (exact) mass is 710 g/mol. The predicted octanol–water partition coefficient (Wildman–Crippen LogP) is 3.82. The number of hydrazone groups is 2. The molecular formula is C36H38N8O4S2. The predicted molar refractivity (Wildman–Crippen MR) is 198 cm³/mol. The van der Waals surface area contributed by atoms with Crippen LogP contribution in [0.15, 0.2) is 83.0 Å². The van der Waals surface area contributed by atoms with Crippen LogP contribution in [-0.4, -0.2) is 39.7 Å². The van der Waals surface area contributed by atoms with Gasteiger partial charge in [-0.25, -0.2) is 27.1 Å². The van der Waals surface area contributed by atoms with Crippen LogP contribution in [-0.2, 0) is 29.5 Å². The van der Waals surface area contributed by atoms with E-state index in [9.17, 15) is 16.8 Å². The van der Waals surface area contributed by atoms with Crippen molar-refractivity contribution in [3.05, 3.63) is 128 Å². The van der Waals surface area contributed by atoms with Crippen LogP contribution in [0.1, 0.15) is 68.5 Å². The molecule has 10 N–H and O–H groups in total. The second-order valence-corrected chi connectivity index (χ2v) is 16.6. The molecule has 258 valence electrons. The molecule has 0 fully saturated rings. The highest BCUT2D eigenvalue weighted by molar-refractivity contribution is 7.90. The second-order valence-electron chi connectivity index (χ2n) is 13.1. The number of hydrogen-bond acceptors (Lipinski definition) is 10. The van der Waals surface area contributed by atoms with Gasteiger partial charge in [0.15, 0.2) is 0 Å². The summed E-state index contributed by atoms with van der Waals surface area (Å²) in [5, 5.41) is 37.1. The van der Waals surface area contributed by atoms with Gasteiger partial charge in [0.05, 0.1) is 22.8 Å². The van der Waals surface area contributed by atoms with Crippen LogP contribution < -0.4 is 22.0 Å². The minimum absolute atomic E-state index is 0.0416. The lowest BCUT2D eigenvalue weighted by atomic mass is 9.72. The molecule has 0 bridgehead atoms. The molecule has 0 aromatic heterocycles. The highest BCUT2D eigenvalue weighted by Gasteiger charge is 2.54. The first-order valence-corrected chi connectivity index (χ1v) is 18.7. The summed E-state index contributed by atoms with van der Waals surface area (Å²) >= 11 is 0. The largest absolute Gasteiger partial charge is 0.323 e. The number of primary sulfonamides is 2. The minimum Gasteiger partial charge on any atom is -0.323 e. The Bertz CT molecular complexity index is 2240. The van der Waals surface area contributed by atoms with Gasteiger partial charge in [0.2, 0.25) is 20.0 Å². The van der Waals surface area contributed by atoms with Gasteiger partial charge < -0.3 is 11.7 Å². The zero-order chi connectivity index (χ0) is 36.6. The van der Waals surface area contributed by atoms with Crippen molar-refractivity contribution in [3.63, 3.8) is 0 Å². The molecule has 12 nitrogen and oxygen atoms in total. The van der Waals surface area contributed by atoms with Crippen molar-refractivity contribution in [1.82, 2.24) is 0 Å². The van der Waals surface area contributed by atoms with Gasteiger partial charge in [-0.15, -0.1) is 0 Å². The van der Waals surface area contributed by atoms with Gasteiger partial charge in [0.25, 0.3) is 0 Å². The lowest BCUT2D eigenvalue weighted by Gasteiger charge is -2.40. The first-order valence-electron chi connectivity index (χ1n) is 15.6. The van der Waals surface area contributed by atoms with Gasteiger partial charge in [0, 0.05) is 24.0 Å². The molecule has 14 heteroatoms. The summed E-state index contributed by atoms with van der Waals surface area (Å²) in [7, 11) is -8.73. The molecule has 4 aromatic rings. The van der Waals surface area contributed by atoms with Crippen molar-refractivity contribution >= 4 is 42.9 Å². The third-order valence-electron chi connectivity index (χ3n) is 10.2. The number of nitrogens with two attached hydrogens (primary N) is 4. The van der Waals surface area contributed by atoms with Crippen molar-refractivity contribution in [2.24, 2.45) is 32.2 Å². The maximum absolute atomic E-state index is 13.8. The number of sulfonamides is 2. The van der Waals surface area contributed by atoms with Gasteiger partial charge in [-0.2, -0.15) is 10.2 Å². The number of rotatable bonds is 5. The van der Waals surface area contributed by atoms with Gasteiger partial charge in [-0.1, -0.05) is 72.8 Å². The Morgan fingerprint density at radius 1 is 0.580 bits per heavy atom. The molecular weight excluding hydrogens is 673 g/mol. The van der Waals surface area contributed by atoms with Crippen LogP contribution in [0.3, 0.4) is 0 Å². The Balaban J connectivity index is 1.58. The molecule has 4 aromatic carbocycles.